The van der Waals surface area contributed by atoms with Crippen molar-refractivity contribution in [3.63, 3.8) is 0 Å². The van der Waals surface area contributed by atoms with E-state index in [-0.39, 0.29) is 5.82 Å². The van der Waals surface area contributed by atoms with Crippen LogP contribution in [0.5, 0.6) is 11.5 Å². The molecule has 0 atom stereocenters. The van der Waals surface area contributed by atoms with Crippen molar-refractivity contribution in [2.45, 2.75) is 0 Å². The van der Waals surface area contributed by atoms with Crippen LogP contribution in [-0.4, -0.2) is 30.6 Å². The molecule has 28 heavy (non-hydrogen) atoms. The Hall–Kier alpha value is -3.19. The summed E-state index contributed by atoms with van der Waals surface area (Å²) in [7, 11) is 0. The van der Waals surface area contributed by atoms with E-state index in [2.05, 4.69) is 16.7 Å². The predicted molar refractivity (Wildman–Crippen MR) is 109 cm³/mol. The molecule has 1 aromatic heterocycles. The third-order valence-corrected chi connectivity index (χ3v) is 4.93. The Morgan fingerprint density at radius 2 is 1.96 bits per heavy atom. The van der Waals surface area contributed by atoms with E-state index in [0.29, 0.717) is 41.6 Å². The number of aromatic nitrogens is 1. The van der Waals surface area contributed by atoms with Gasteiger partial charge in [0.05, 0.1) is 18.5 Å². The Balaban J connectivity index is 1.75. The molecule has 0 radical (unpaired) electrons. The maximum Gasteiger partial charge on any atom is 0.206 e. The van der Waals surface area contributed by atoms with E-state index in [1.807, 2.05) is 23.6 Å². The number of ether oxygens (including phenoxy) is 2. The monoisotopic (exact) mass is 395 g/mol. The number of hydrogen-bond acceptors (Lipinski definition) is 5. The third-order valence-electron chi connectivity index (χ3n) is 4.08. The lowest BCUT2D eigenvalue weighted by Crippen LogP contribution is -2.15. The first-order valence-corrected chi connectivity index (χ1v) is 9.65. The molecule has 2 aromatic carbocycles. The van der Waals surface area contributed by atoms with Crippen molar-refractivity contribution in [1.82, 2.24) is 4.68 Å². The van der Waals surface area contributed by atoms with Crippen LogP contribution in [0.1, 0.15) is 5.56 Å². The van der Waals surface area contributed by atoms with Gasteiger partial charge in [-0.1, -0.05) is 18.2 Å². The predicted octanol–water partition coefficient (Wildman–Crippen LogP) is 4.10. The molecule has 0 amide bonds. The van der Waals surface area contributed by atoms with E-state index in [9.17, 15) is 4.39 Å². The van der Waals surface area contributed by atoms with Crippen molar-refractivity contribution in [1.29, 1.82) is 0 Å². The molecular formula is C21H18FN3O2S. The number of thiazole rings is 1. The number of fused-ring (bicyclic) bond motifs is 1. The molecular weight excluding hydrogens is 377 g/mol. The average molecular weight is 395 g/mol. The third kappa shape index (κ3) is 3.75. The molecule has 0 N–H and O–H groups in total. The van der Waals surface area contributed by atoms with Gasteiger partial charge in [0.1, 0.15) is 19.0 Å². The fraction of sp³-hybridized carbons (Fsp3) is 0.143. The summed E-state index contributed by atoms with van der Waals surface area (Å²) in [5, 5.41) is 6.42. The van der Waals surface area contributed by atoms with Gasteiger partial charge in [0.2, 0.25) is 4.80 Å². The second-order valence-corrected chi connectivity index (χ2v) is 6.81. The highest BCUT2D eigenvalue weighted by atomic mass is 32.1. The van der Waals surface area contributed by atoms with Crippen LogP contribution >= 0.6 is 11.3 Å². The molecule has 0 unspecified atom stereocenters. The fourth-order valence-electron chi connectivity index (χ4n) is 2.78. The van der Waals surface area contributed by atoms with Crippen LogP contribution in [0, 0.1) is 5.82 Å². The van der Waals surface area contributed by atoms with Gasteiger partial charge in [-0.3, -0.25) is 4.99 Å². The molecule has 3 aromatic rings. The topological polar surface area (TPSA) is 48.1 Å². The molecule has 142 valence electrons. The zero-order valence-corrected chi connectivity index (χ0v) is 15.9. The summed E-state index contributed by atoms with van der Waals surface area (Å²) in [4.78, 5) is 5.12. The van der Waals surface area contributed by atoms with E-state index >= 15 is 0 Å². The highest BCUT2D eigenvalue weighted by molar-refractivity contribution is 7.07. The highest BCUT2D eigenvalue weighted by Gasteiger charge is 2.13. The molecule has 0 aliphatic carbocycles. The molecule has 1 aliphatic heterocycles. The maximum atomic E-state index is 14.3. The first-order chi connectivity index (χ1) is 13.8. The first-order valence-electron chi connectivity index (χ1n) is 8.77. The quantitative estimate of drug-likeness (QED) is 0.482. The van der Waals surface area contributed by atoms with Gasteiger partial charge in [0, 0.05) is 10.9 Å². The average Bonchev–Trinajstić information content (AvgIpc) is 3.13. The van der Waals surface area contributed by atoms with Crippen molar-refractivity contribution in [3.8, 4) is 22.8 Å². The summed E-state index contributed by atoms with van der Waals surface area (Å²) in [5.41, 5.74) is 1.95. The van der Waals surface area contributed by atoms with Gasteiger partial charge in [0.25, 0.3) is 0 Å². The first kappa shape index (κ1) is 18.2. The minimum Gasteiger partial charge on any atom is -0.486 e. The van der Waals surface area contributed by atoms with Gasteiger partial charge in [-0.15, -0.1) is 17.9 Å². The van der Waals surface area contributed by atoms with Crippen LogP contribution in [0.3, 0.4) is 0 Å². The number of nitrogens with zero attached hydrogens (tertiary/aromatic N) is 3. The van der Waals surface area contributed by atoms with E-state index in [0.717, 1.165) is 11.3 Å². The summed E-state index contributed by atoms with van der Waals surface area (Å²) in [6.45, 7) is 5.22. The van der Waals surface area contributed by atoms with Crippen molar-refractivity contribution in [3.05, 3.63) is 76.7 Å². The Bertz CT molecular complexity index is 1100. The van der Waals surface area contributed by atoms with Crippen LogP contribution < -0.4 is 14.3 Å². The molecule has 0 spiro atoms. The Morgan fingerprint density at radius 1 is 1.14 bits per heavy atom. The minimum atomic E-state index is -0.307. The lowest BCUT2D eigenvalue weighted by molar-refractivity contribution is 0.171. The molecule has 2 heterocycles. The Kier molecular flexibility index (Phi) is 5.34. The normalized spacial score (nSPS) is 13.8. The largest absolute Gasteiger partial charge is 0.486 e. The van der Waals surface area contributed by atoms with Crippen molar-refractivity contribution < 1.29 is 13.9 Å². The maximum absolute atomic E-state index is 14.3. The molecule has 0 bridgehead atoms. The Labute approximate surface area is 165 Å². The summed E-state index contributed by atoms with van der Waals surface area (Å²) < 4.78 is 27.1. The summed E-state index contributed by atoms with van der Waals surface area (Å²) in [6.07, 6.45) is 3.40. The lowest BCUT2D eigenvalue weighted by Gasteiger charge is -2.18. The van der Waals surface area contributed by atoms with E-state index in [1.165, 1.54) is 17.4 Å². The van der Waals surface area contributed by atoms with Crippen molar-refractivity contribution in [2.24, 2.45) is 10.1 Å². The van der Waals surface area contributed by atoms with Crippen LogP contribution in [0.4, 0.5) is 4.39 Å². The van der Waals surface area contributed by atoms with Gasteiger partial charge in [-0.2, -0.15) is 5.10 Å². The van der Waals surface area contributed by atoms with Crippen LogP contribution in [-0.2, 0) is 0 Å². The molecule has 1 aliphatic rings. The standard InChI is InChI=1S/C21H18FN3O2S/c1-2-9-23-21-25(18(14-28-21)16-5-3-4-6-17(16)22)24-13-15-7-8-19-20(12-15)27-11-10-26-19/h2-8,12-14H,1,9-11H2. The summed E-state index contributed by atoms with van der Waals surface area (Å²) in [5.74, 6) is 1.11. The van der Waals surface area contributed by atoms with Crippen LogP contribution in [0.25, 0.3) is 11.3 Å². The summed E-state index contributed by atoms with van der Waals surface area (Å²) in [6, 6.07) is 12.2. The summed E-state index contributed by atoms with van der Waals surface area (Å²) >= 11 is 1.40. The molecule has 7 heteroatoms. The second-order valence-electron chi connectivity index (χ2n) is 5.97. The smallest absolute Gasteiger partial charge is 0.206 e. The molecule has 5 nitrogen and oxygen atoms in total. The van der Waals surface area contributed by atoms with Crippen molar-refractivity contribution in [2.75, 3.05) is 19.8 Å². The molecule has 4 rings (SSSR count). The van der Waals surface area contributed by atoms with E-state index in [4.69, 9.17) is 9.47 Å². The van der Waals surface area contributed by atoms with Crippen LogP contribution in [0.2, 0.25) is 0 Å². The Morgan fingerprint density at radius 3 is 2.79 bits per heavy atom. The van der Waals surface area contributed by atoms with Gasteiger partial charge < -0.3 is 9.47 Å². The zero-order chi connectivity index (χ0) is 19.3. The van der Waals surface area contributed by atoms with Gasteiger partial charge in [0.15, 0.2) is 11.5 Å². The highest BCUT2D eigenvalue weighted by Crippen LogP contribution is 2.30. The molecule has 0 saturated carbocycles. The van der Waals surface area contributed by atoms with Gasteiger partial charge >= 0.3 is 0 Å². The lowest BCUT2D eigenvalue weighted by atomic mass is 10.1. The number of rotatable bonds is 5. The van der Waals surface area contributed by atoms with Gasteiger partial charge in [-0.25, -0.2) is 9.07 Å². The van der Waals surface area contributed by atoms with E-state index in [1.54, 1.807) is 35.2 Å². The zero-order valence-electron chi connectivity index (χ0n) is 15.0. The molecule has 0 saturated heterocycles. The van der Waals surface area contributed by atoms with Crippen molar-refractivity contribution >= 4 is 17.6 Å². The fourth-order valence-corrected chi connectivity index (χ4v) is 3.62. The minimum absolute atomic E-state index is 0.307. The van der Waals surface area contributed by atoms with Crippen LogP contribution in [0.15, 0.2) is 70.6 Å². The number of halogens is 1. The van der Waals surface area contributed by atoms with Gasteiger partial charge in [-0.05, 0) is 35.9 Å². The SMILES string of the molecule is C=CCN=c1scc(-c2ccccc2F)n1N=Cc1ccc2c(c1)OCCO2. The van der Waals surface area contributed by atoms with E-state index < -0.39 is 0 Å². The number of hydrogen-bond donors (Lipinski definition) is 0. The second kappa shape index (κ2) is 8.22. The number of benzene rings is 2. The molecule has 0 fully saturated rings.